The summed E-state index contributed by atoms with van der Waals surface area (Å²) >= 11 is 5.70. The number of carbonyl (C=O) groups is 1. The Bertz CT molecular complexity index is 559. The zero-order valence-corrected chi connectivity index (χ0v) is 9.48. The fourth-order valence-corrected chi connectivity index (χ4v) is 1.45. The number of rotatable bonds is 2. The van der Waals surface area contributed by atoms with Crippen LogP contribution < -0.4 is 11.1 Å². The van der Waals surface area contributed by atoms with Crippen molar-refractivity contribution in [2.24, 2.45) is 0 Å². The van der Waals surface area contributed by atoms with E-state index >= 15 is 0 Å². The van der Waals surface area contributed by atoms with Crippen LogP contribution in [0.25, 0.3) is 0 Å². The number of pyridine rings is 2. The molecule has 1 amide bonds. The average Bonchev–Trinajstić information content (AvgIpc) is 2.29. The van der Waals surface area contributed by atoms with E-state index in [9.17, 15) is 4.79 Å². The molecule has 0 atom stereocenters. The van der Waals surface area contributed by atoms with E-state index in [1.54, 1.807) is 24.3 Å². The minimum atomic E-state index is -0.384. The number of carbonyl (C=O) groups excluding carboxylic acids is 1. The summed E-state index contributed by atoms with van der Waals surface area (Å²) in [5, 5.41) is 2.94. The van der Waals surface area contributed by atoms with Gasteiger partial charge in [-0.25, -0.2) is 9.97 Å². The standard InChI is InChI=1S/C11H9ClN4O/c12-9-6-7(3-5-14-9)16-11(17)10-8(13)2-1-4-15-10/h1-6H,13H2,(H,14,16,17). The lowest BCUT2D eigenvalue weighted by molar-refractivity contribution is 0.102. The third-order valence-corrected chi connectivity index (χ3v) is 2.25. The number of nitrogens with zero attached hydrogens (tertiary/aromatic N) is 2. The highest BCUT2D eigenvalue weighted by Crippen LogP contribution is 2.14. The van der Waals surface area contributed by atoms with Crippen LogP contribution in [0.1, 0.15) is 10.5 Å². The summed E-state index contributed by atoms with van der Waals surface area (Å²) in [5.41, 5.74) is 6.69. The van der Waals surface area contributed by atoms with E-state index in [4.69, 9.17) is 17.3 Å². The van der Waals surface area contributed by atoms with Gasteiger partial charge in [-0.3, -0.25) is 4.79 Å². The molecule has 2 aromatic rings. The van der Waals surface area contributed by atoms with Gasteiger partial charge in [0.25, 0.3) is 5.91 Å². The molecule has 0 aliphatic carbocycles. The second kappa shape index (κ2) is 4.80. The van der Waals surface area contributed by atoms with Crippen LogP contribution in [-0.4, -0.2) is 15.9 Å². The Labute approximate surface area is 103 Å². The van der Waals surface area contributed by atoms with Crippen LogP contribution in [0.15, 0.2) is 36.7 Å². The molecular formula is C11H9ClN4O. The molecule has 0 aromatic carbocycles. The maximum Gasteiger partial charge on any atom is 0.276 e. The fraction of sp³-hybridized carbons (Fsp3) is 0. The van der Waals surface area contributed by atoms with Crippen LogP contribution in [0.4, 0.5) is 11.4 Å². The van der Waals surface area contributed by atoms with E-state index in [0.717, 1.165) is 0 Å². The Morgan fingerprint density at radius 1 is 1.29 bits per heavy atom. The minimum Gasteiger partial charge on any atom is -0.397 e. The van der Waals surface area contributed by atoms with Crippen molar-refractivity contribution in [1.82, 2.24) is 9.97 Å². The second-order valence-electron chi connectivity index (χ2n) is 3.26. The predicted octanol–water partition coefficient (Wildman–Crippen LogP) is 1.96. The highest BCUT2D eigenvalue weighted by atomic mass is 35.5. The Morgan fingerprint density at radius 2 is 2.12 bits per heavy atom. The molecule has 86 valence electrons. The number of nitrogen functional groups attached to an aromatic ring is 1. The van der Waals surface area contributed by atoms with Crippen molar-refractivity contribution in [3.8, 4) is 0 Å². The second-order valence-corrected chi connectivity index (χ2v) is 3.65. The molecule has 0 saturated carbocycles. The van der Waals surface area contributed by atoms with E-state index in [0.29, 0.717) is 16.5 Å². The zero-order valence-electron chi connectivity index (χ0n) is 8.72. The van der Waals surface area contributed by atoms with Gasteiger partial charge in [0.05, 0.1) is 5.69 Å². The summed E-state index contributed by atoms with van der Waals surface area (Å²) in [6, 6.07) is 6.44. The third-order valence-electron chi connectivity index (χ3n) is 2.04. The van der Waals surface area contributed by atoms with Crippen LogP contribution in [0, 0.1) is 0 Å². The molecule has 2 aromatic heterocycles. The van der Waals surface area contributed by atoms with Gasteiger partial charge in [0, 0.05) is 18.1 Å². The lowest BCUT2D eigenvalue weighted by atomic mass is 10.3. The number of halogens is 1. The summed E-state index contributed by atoms with van der Waals surface area (Å²) in [4.78, 5) is 19.6. The van der Waals surface area contributed by atoms with E-state index in [1.165, 1.54) is 12.4 Å². The molecule has 2 heterocycles. The number of hydrogen-bond acceptors (Lipinski definition) is 4. The zero-order chi connectivity index (χ0) is 12.3. The molecule has 0 radical (unpaired) electrons. The largest absolute Gasteiger partial charge is 0.397 e. The van der Waals surface area contributed by atoms with Gasteiger partial charge in [0.15, 0.2) is 5.69 Å². The molecule has 0 spiro atoms. The van der Waals surface area contributed by atoms with E-state index in [1.807, 2.05) is 0 Å². The molecule has 0 fully saturated rings. The smallest absolute Gasteiger partial charge is 0.276 e. The lowest BCUT2D eigenvalue weighted by Crippen LogP contribution is -2.15. The van der Waals surface area contributed by atoms with Crippen molar-refractivity contribution >= 4 is 28.9 Å². The minimum absolute atomic E-state index is 0.181. The third kappa shape index (κ3) is 2.70. The first-order chi connectivity index (χ1) is 8.16. The van der Waals surface area contributed by atoms with Gasteiger partial charge >= 0.3 is 0 Å². The van der Waals surface area contributed by atoms with Crippen LogP contribution >= 0.6 is 11.6 Å². The first kappa shape index (κ1) is 11.3. The monoisotopic (exact) mass is 248 g/mol. The van der Waals surface area contributed by atoms with E-state index < -0.39 is 0 Å². The van der Waals surface area contributed by atoms with E-state index in [-0.39, 0.29) is 11.6 Å². The maximum absolute atomic E-state index is 11.8. The average molecular weight is 249 g/mol. The molecular weight excluding hydrogens is 240 g/mol. The van der Waals surface area contributed by atoms with Crippen LogP contribution in [0.5, 0.6) is 0 Å². The molecule has 3 N–H and O–H groups in total. The van der Waals surface area contributed by atoms with E-state index in [2.05, 4.69) is 15.3 Å². The Morgan fingerprint density at radius 3 is 2.82 bits per heavy atom. The van der Waals surface area contributed by atoms with Gasteiger partial charge in [-0.1, -0.05) is 11.6 Å². The van der Waals surface area contributed by atoms with Crippen molar-refractivity contribution in [2.75, 3.05) is 11.1 Å². The van der Waals surface area contributed by atoms with Gasteiger partial charge < -0.3 is 11.1 Å². The molecule has 0 saturated heterocycles. The molecule has 5 nitrogen and oxygen atoms in total. The summed E-state index contributed by atoms with van der Waals surface area (Å²) in [6.07, 6.45) is 3.00. The Kier molecular flexibility index (Phi) is 3.20. The molecule has 17 heavy (non-hydrogen) atoms. The number of anilines is 2. The number of hydrogen-bond donors (Lipinski definition) is 2. The highest BCUT2D eigenvalue weighted by molar-refractivity contribution is 6.29. The van der Waals surface area contributed by atoms with Crippen molar-refractivity contribution in [3.05, 3.63) is 47.5 Å². The highest BCUT2D eigenvalue weighted by Gasteiger charge is 2.10. The van der Waals surface area contributed by atoms with Crippen LogP contribution in [0.2, 0.25) is 5.15 Å². The van der Waals surface area contributed by atoms with Gasteiger partial charge in [-0.05, 0) is 24.3 Å². The molecule has 0 aliphatic rings. The maximum atomic E-state index is 11.8. The van der Waals surface area contributed by atoms with Crippen LogP contribution in [0.3, 0.4) is 0 Å². The Hall–Kier alpha value is -2.14. The first-order valence-electron chi connectivity index (χ1n) is 4.80. The SMILES string of the molecule is Nc1cccnc1C(=O)Nc1ccnc(Cl)c1. The van der Waals surface area contributed by atoms with Gasteiger partial charge in [0.1, 0.15) is 5.15 Å². The first-order valence-corrected chi connectivity index (χ1v) is 5.18. The lowest BCUT2D eigenvalue weighted by Gasteiger charge is -2.06. The Balaban J connectivity index is 2.20. The molecule has 0 unspecified atom stereocenters. The molecule has 2 rings (SSSR count). The van der Waals surface area contributed by atoms with Crippen molar-refractivity contribution in [1.29, 1.82) is 0 Å². The topological polar surface area (TPSA) is 80.9 Å². The van der Waals surface area contributed by atoms with Gasteiger partial charge in [0.2, 0.25) is 0 Å². The van der Waals surface area contributed by atoms with Gasteiger partial charge in [-0.15, -0.1) is 0 Å². The molecule has 6 heteroatoms. The summed E-state index contributed by atoms with van der Waals surface area (Å²) in [6.45, 7) is 0. The van der Waals surface area contributed by atoms with Gasteiger partial charge in [-0.2, -0.15) is 0 Å². The summed E-state index contributed by atoms with van der Waals surface area (Å²) < 4.78 is 0. The number of nitrogens with one attached hydrogen (secondary N) is 1. The number of amides is 1. The quantitative estimate of drug-likeness (QED) is 0.796. The van der Waals surface area contributed by atoms with Crippen LogP contribution in [-0.2, 0) is 0 Å². The number of nitrogens with two attached hydrogens (primary N) is 1. The van der Waals surface area contributed by atoms with Crippen molar-refractivity contribution in [3.63, 3.8) is 0 Å². The molecule has 0 bridgehead atoms. The van der Waals surface area contributed by atoms with Crippen molar-refractivity contribution in [2.45, 2.75) is 0 Å². The predicted molar refractivity (Wildman–Crippen MR) is 65.8 cm³/mol. The number of aromatic nitrogens is 2. The summed E-state index contributed by atoms with van der Waals surface area (Å²) in [5.74, 6) is -0.384. The molecule has 0 aliphatic heterocycles. The van der Waals surface area contributed by atoms with Crippen molar-refractivity contribution < 1.29 is 4.79 Å². The fourth-order valence-electron chi connectivity index (χ4n) is 1.28. The summed E-state index contributed by atoms with van der Waals surface area (Å²) in [7, 11) is 0. The normalized spacial score (nSPS) is 9.94.